The molecule has 0 saturated heterocycles. The summed E-state index contributed by atoms with van der Waals surface area (Å²) in [5.41, 5.74) is 1.23. The van der Waals surface area contributed by atoms with E-state index in [9.17, 15) is 0 Å². The molecule has 1 atom stereocenters. The Bertz CT molecular complexity index is 368. The lowest BCUT2D eigenvalue weighted by molar-refractivity contribution is 0.299. The molecule has 0 radical (unpaired) electrons. The standard InChI is InChI=1S/C16H26BrNO/c1-4-6-7-8-11-19-16-10-9-14(17)12-15(16)13(3)18-5-2/h9-10,12-13,18H,4-8,11H2,1-3H3. The van der Waals surface area contributed by atoms with Crippen LogP contribution in [0.15, 0.2) is 22.7 Å². The molecule has 1 rings (SSSR count). The first kappa shape index (κ1) is 16.5. The van der Waals surface area contributed by atoms with E-state index in [2.05, 4.69) is 54.2 Å². The number of rotatable bonds is 9. The summed E-state index contributed by atoms with van der Waals surface area (Å²) < 4.78 is 7.05. The van der Waals surface area contributed by atoms with Gasteiger partial charge < -0.3 is 10.1 Å². The lowest BCUT2D eigenvalue weighted by atomic mass is 10.1. The van der Waals surface area contributed by atoms with E-state index in [1.807, 2.05) is 6.07 Å². The third-order valence-electron chi connectivity index (χ3n) is 3.20. The Kier molecular flexibility index (Phi) is 8.15. The second-order valence-corrected chi connectivity index (χ2v) is 5.79. The van der Waals surface area contributed by atoms with E-state index in [0.29, 0.717) is 6.04 Å². The minimum Gasteiger partial charge on any atom is -0.493 e. The Balaban J connectivity index is 2.60. The normalized spacial score (nSPS) is 12.4. The fourth-order valence-electron chi connectivity index (χ4n) is 2.12. The van der Waals surface area contributed by atoms with Crippen LogP contribution in [0, 0.1) is 0 Å². The molecule has 19 heavy (non-hydrogen) atoms. The van der Waals surface area contributed by atoms with Crippen molar-refractivity contribution in [3.05, 3.63) is 28.2 Å². The first-order valence-corrected chi connectivity index (χ1v) is 8.14. The maximum Gasteiger partial charge on any atom is 0.124 e. The molecule has 0 aliphatic rings. The third kappa shape index (κ3) is 5.96. The van der Waals surface area contributed by atoms with Crippen molar-refractivity contribution in [2.24, 2.45) is 0 Å². The molecular weight excluding hydrogens is 302 g/mol. The van der Waals surface area contributed by atoms with Gasteiger partial charge in [-0.15, -0.1) is 0 Å². The van der Waals surface area contributed by atoms with Gasteiger partial charge in [-0.05, 0) is 38.1 Å². The second kappa shape index (κ2) is 9.38. The molecular formula is C16H26BrNO. The number of ether oxygens (including phenoxy) is 1. The van der Waals surface area contributed by atoms with Crippen LogP contribution < -0.4 is 10.1 Å². The fraction of sp³-hybridized carbons (Fsp3) is 0.625. The Hall–Kier alpha value is -0.540. The monoisotopic (exact) mass is 327 g/mol. The molecule has 1 N–H and O–H groups in total. The van der Waals surface area contributed by atoms with E-state index in [1.54, 1.807) is 0 Å². The lowest BCUT2D eigenvalue weighted by Gasteiger charge is -2.18. The van der Waals surface area contributed by atoms with Crippen molar-refractivity contribution in [3.63, 3.8) is 0 Å². The highest BCUT2D eigenvalue weighted by molar-refractivity contribution is 9.10. The van der Waals surface area contributed by atoms with Gasteiger partial charge in [0.1, 0.15) is 5.75 Å². The van der Waals surface area contributed by atoms with Gasteiger partial charge in [-0.25, -0.2) is 0 Å². The van der Waals surface area contributed by atoms with Crippen LogP contribution in [-0.4, -0.2) is 13.2 Å². The van der Waals surface area contributed by atoms with Gasteiger partial charge in [-0.3, -0.25) is 0 Å². The summed E-state index contributed by atoms with van der Waals surface area (Å²) in [6, 6.07) is 6.57. The van der Waals surface area contributed by atoms with E-state index in [0.717, 1.165) is 29.8 Å². The number of hydrogen-bond acceptors (Lipinski definition) is 2. The predicted molar refractivity (Wildman–Crippen MR) is 85.9 cm³/mol. The van der Waals surface area contributed by atoms with E-state index in [-0.39, 0.29) is 0 Å². The van der Waals surface area contributed by atoms with Crippen LogP contribution >= 0.6 is 15.9 Å². The van der Waals surface area contributed by atoms with Gasteiger partial charge in [-0.2, -0.15) is 0 Å². The number of benzene rings is 1. The third-order valence-corrected chi connectivity index (χ3v) is 3.70. The topological polar surface area (TPSA) is 21.3 Å². The van der Waals surface area contributed by atoms with Gasteiger partial charge in [0.25, 0.3) is 0 Å². The molecule has 1 aromatic rings. The molecule has 0 aliphatic heterocycles. The molecule has 0 aromatic heterocycles. The number of nitrogens with one attached hydrogen (secondary N) is 1. The maximum absolute atomic E-state index is 5.95. The van der Waals surface area contributed by atoms with Crippen LogP contribution in [-0.2, 0) is 0 Å². The predicted octanol–water partition coefficient (Wildman–Crippen LogP) is 5.08. The quantitative estimate of drug-likeness (QED) is 0.638. The molecule has 0 aliphatic carbocycles. The molecule has 3 heteroatoms. The molecule has 0 fully saturated rings. The minimum atomic E-state index is 0.313. The van der Waals surface area contributed by atoms with Crippen molar-refractivity contribution in [2.75, 3.05) is 13.2 Å². The molecule has 0 spiro atoms. The van der Waals surface area contributed by atoms with Gasteiger partial charge in [0.15, 0.2) is 0 Å². The van der Waals surface area contributed by atoms with E-state index in [4.69, 9.17) is 4.74 Å². The summed E-state index contributed by atoms with van der Waals surface area (Å²) in [6.45, 7) is 8.30. The summed E-state index contributed by atoms with van der Waals surface area (Å²) in [7, 11) is 0. The van der Waals surface area contributed by atoms with Crippen molar-refractivity contribution in [3.8, 4) is 5.75 Å². The maximum atomic E-state index is 5.95. The molecule has 2 nitrogen and oxygen atoms in total. The highest BCUT2D eigenvalue weighted by Crippen LogP contribution is 2.28. The van der Waals surface area contributed by atoms with Crippen LogP contribution in [0.2, 0.25) is 0 Å². The van der Waals surface area contributed by atoms with Crippen molar-refractivity contribution in [1.82, 2.24) is 5.32 Å². The summed E-state index contributed by atoms with van der Waals surface area (Å²) in [6.07, 6.45) is 4.95. The Morgan fingerprint density at radius 2 is 2.00 bits per heavy atom. The first-order chi connectivity index (χ1) is 9.19. The van der Waals surface area contributed by atoms with Crippen LogP contribution in [0.5, 0.6) is 5.75 Å². The minimum absolute atomic E-state index is 0.313. The van der Waals surface area contributed by atoms with Crippen molar-refractivity contribution >= 4 is 15.9 Å². The zero-order valence-corrected chi connectivity index (χ0v) is 13.9. The molecule has 1 aromatic carbocycles. The molecule has 1 unspecified atom stereocenters. The number of hydrogen-bond donors (Lipinski definition) is 1. The van der Waals surface area contributed by atoms with Gasteiger partial charge in [-0.1, -0.05) is 49.0 Å². The molecule has 0 bridgehead atoms. The molecule has 108 valence electrons. The van der Waals surface area contributed by atoms with Crippen LogP contribution in [0.25, 0.3) is 0 Å². The summed E-state index contributed by atoms with van der Waals surface area (Å²) >= 11 is 3.53. The van der Waals surface area contributed by atoms with E-state index < -0.39 is 0 Å². The second-order valence-electron chi connectivity index (χ2n) is 4.87. The fourth-order valence-corrected chi connectivity index (χ4v) is 2.50. The van der Waals surface area contributed by atoms with Gasteiger partial charge >= 0.3 is 0 Å². The van der Waals surface area contributed by atoms with Crippen LogP contribution in [0.4, 0.5) is 0 Å². The van der Waals surface area contributed by atoms with Gasteiger partial charge in [0.2, 0.25) is 0 Å². The Morgan fingerprint density at radius 3 is 2.68 bits per heavy atom. The largest absolute Gasteiger partial charge is 0.493 e. The first-order valence-electron chi connectivity index (χ1n) is 7.34. The average Bonchev–Trinajstić information content (AvgIpc) is 2.40. The van der Waals surface area contributed by atoms with E-state index >= 15 is 0 Å². The molecule has 0 heterocycles. The SMILES string of the molecule is CCCCCCOc1ccc(Br)cc1C(C)NCC. The van der Waals surface area contributed by atoms with E-state index in [1.165, 1.54) is 24.8 Å². The zero-order chi connectivity index (χ0) is 14.1. The highest BCUT2D eigenvalue weighted by Gasteiger charge is 2.11. The Morgan fingerprint density at radius 1 is 1.21 bits per heavy atom. The summed E-state index contributed by atoms with van der Waals surface area (Å²) in [5.74, 6) is 1.01. The molecule has 0 amide bonds. The van der Waals surface area contributed by atoms with Crippen LogP contribution in [0.1, 0.15) is 58.1 Å². The lowest BCUT2D eigenvalue weighted by Crippen LogP contribution is -2.18. The van der Waals surface area contributed by atoms with Gasteiger partial charge in [0, 0.05) is 16.1 Å². The number of halogens is 1. The van der Waals surface area contributed by atoms with Gasteiger partial charge in [0.05, 0.1) is 6.61 Å². The summed E-state index contributed by atoms with van der Waals surface area (Å²) in [5, 5.41) is 3.44. The number of unbranched alkanes of at least 4 members (excludes halogenated alkanes) is 3. The molecule has 0 saturated carbocycles. The highest BCUT2D eigenvalue weighted by atomic mass is 79.9. The Labute approximate surface area is 126 Å². The summed E-state index contributed by atoms with van der Waals surface area (Å²) in [4.78, 5) is 0. The van der Waals surface area contributed by atoms with Crippen molar-refractivity contribution in [1.29, 1.82) is 0 Å². The van der Waals surface area contributed by atoms with Crippen molar-refractivity contribution < 1.29 is 4.74 Å². The smallest absolute Gasteiger partial charge is 0.124 e. The van der Waals surface area contributed by atoms with Crippen molar-refractivity contribution in [2.45, 2.75) is 52.5 Å². The van der Waals surface area contributed by atoms with Crippen LogP contribution in [0.3, 0.4) is 0 Å². The average molecular weight is 328 g/mol. The zero-order valence-electron chi connectivity index (χ0n) is 12.3.